The van der Waals surface area contributed by atoms with Crippen molar-refractivity contribution in [1.82, 2.24) is 0 Å². The van der Waals surface area contributed by atoms with E-state index in [1.54, 1.807) is 12.3 Å². The van der Waals surface area contributed by atoms with Crippen molar-refractivity contribution in [3.8, 4) is 0 Å². The van der Waals surface area contributed by atoms with Gasteiger partial charge in [-0.15, -0.1) is 0 Å². The average molecular weight is 139 g/mol. The van der Waals surface area contributed by atoms with E-state index in [0.29, 0.717) is 5.69 Å². The maximum Gasteiger partial charge on any atom is 0.236 e. The number of aryl methyl sites for hydroxylation is 1. The Labute approximate surface area is 59.7 Å². The van der Waals surface area contributed by atoms with Crippen LogP contribution in [0.3, 0.4) is 0 Å². The molecule has 0 atom stereocenters. The molecule has 10 heavy (non-hydrogen) atoms. The molecule has 1 heterocycles. The molecule has 0 unspecified atom stereocenters. The standard InChI is InChI=1S/C7H11N2O/c1-6-2-3-7(5-10)9(8)4-6/h2-4,10H,5,8H2,1H3/q+1. The topological polar surface area (TPSA) is 50.1 Å². The molecular formula is C7H11N2O+. The molecule has 1 rings (SSSR count). The van der Waals surface area contributed by atoms with E-state index in [1.807, 2.05) is 13.0 Å². The molecule has 0 aliphatic rings. The number of rotatable bonds is 1. The van der Waals surface area contributed by atoms with E-state index in [2.05, 4.69) is 0 Å². The van der Waals surface area contributed by atoms with E-state index in [1.165, 1.54) is 4.68 Å². The first-order valence-corrected chi connectivity index (χ1v) is 3.11. The molecule has 1 aromatic heterocycles. The fourth-order valence-electron chi connectivity index (χ4n) is 0.793. The predicted molar refractivity (Wildman–Crippen MR) is 37.4 cm³/mol. The third-order valence-corrected chi connectivity index (χ3v) is 1.37. The molecule has 3 heteroatoms. The molecular weight excluding hydrogens is 128 g/mol. The van der Waals surface area contributed by atoms with Crippen molar-refractivity contribution in [2.75, 3.05) is 5.84 Å². The van der Waals surface area contributed by atoms with Gasteiger partial charge in [-0.25, -0.2) is 5.84 Å². The van der Waals surface area contributed by atoms with Gasteiger partial charge in [-0.3, -0.25) is 0 Å². The summed E-state index contributed by atoms with van der Waals surface area (Å²) in [6.45, 7) is 1.93. The third-order valence-electron chi connectivity index (χ3n) is 1.37. The maximum absolute atomic E-state index is 8.71. The molecule has 0 amide bonds. The average Bonchev–Trinajstić information content (AvgIpc) is 1.88. The van der Waals surface area contributed by atoms with Gasteiger partial charge in [-0.05, 0) is 13.0 Å². The van der Waals surface area contributed by atoms with Crippen molar-refractivity contribution in [2.45, 2.75) is 13.5 Å². The fourth-order valence-corrected chi connectivity index (χ4v) is 0.793. The van der Waals surface area contributed by atoms with Gasteiger partial charge in [-0.1, -0.05) is 4.68 Å². The first-order chi connectivity index (χ1) is 4.74. The summed E-state index contributed by atoms with van der Waals surface area (Å²) in [5.41, 5.74) is 1.80. The second kappa shape index (κ2) is 2.66. The molecule has 0 saturated carbocycles. The van der Waals surface area contributed by atoms with Crippen molar-refractivity contribution in [3.63, 3.8) is 0 Å². The summed E-state index contributed by atoms with van der Waals surface area (Å²) < 4.78 is 1.43. The molecule has 0 aromatic carbocycles. The van der Waals surface area contributed by atoms with Gasteiger partial charge in [0.2, 0.25) is 11.9 Å². The van der Waals surface area contributed by atoms with Crippen LogP contribution in [0.4, 0.5) is 0 Å². The Hall–Kier alpha value is -1.09. The van der Waals surface area contributed by atoms with Gasteiger partial charge in [0.25, 0.3) is 0 Å². The lowest BCUT2D eigenvalue weighted by atomic mass is 10.3. The Bertz CT molecular complexity index is 235. The smallest absolute Gasteiger partial charge is 0.236 e. The highest BCUT2D eigenvalue weighted by Crippen LogP contribution is 1.93. The molecule has 0 saturated heterocycles. The van der Waals surface area contributed by atoms with Gasteiger partial charge in [0.1, 0.15) is 6.61 Å². The highest BCUT2D eigenvalue weighted by molar-refractivity contribution is 5.06. The number of nitrogens with two attached hydrogens (primary N) is 1. The van der Waals surface area contributed by atoms with E-state index in [0.717, 1.165) is 5.56 Å². The molecule has 54 valence electrons. The van der Waals surface area contributed by atoms with Crippen molar-refractivity contribution < 1.29 is 9.78 Å². The van der Waals surface area contributed by atoms with Gasteiger partial charge >= 0.3 is 0 Å². The Kier molecular flexibility index (Phi) is 1.87. The lowest BCUT2D eigenvalue weighted by Crippen LogP contribution is -2.48. The summed E-state index contributed by atoms with van der Waals surface area (Å²) >= 11 is 0. The largest absolute Gasteiger partial charge is 0.385 e. The van der Waals surface area contributed by atoms with E-state index < -0.39 is 0 Å². The van der Waals surface area contributed by atoms with Crippen LogP contribution in [0.5, 0.6) is 0 Å². The lowest BCUT2D eigenvalue weighted by Gasteiger charge is -1.93. The maximum atomic E-state index is 8.71. The minimum absolute atomic E-state index is 0.0171. The van der Waals surface area contributed by atoms with E-state index in [4.69, 9.17) is 10.9 Å². The van der Waals surface area contributed by atoms with Crippen LogP contribution in [0.2, 0.25) is 0 Å². The molecule has 0 aliphatic heterocycles. The van der Waals surface area contributed by atoms with Crippen LogP contribution in [0, 0.1) is 6.92 Å². The Morgan fingerprint density at radius 3 is 2.80 bits per heavy atom. The van der Waals surface area contributed by atoms with Crippen LogP contribution >= 0.6 is 0 Å². The first kappa shape index (κ1) is 7.02. The zero-order valence-electron chi connectivity index (χ0n) is 5.91. The molecule has 0 radical (unpaired) electrons. The number of pyridine rings is 1. The summed E-state index contributed by atoms with van der Waals surface area (Å²) in [7, 11) is 0. The Morgan fingerprint density at radius 2 is 2.30 bits per heavy atom. The van der Waals surface area contributed by atoms with Crippen LogP contribution in [0.25, 0.3) is 0 Å². The minimum Gasteiger partial charge on any atom is -0.385 e. The quantitative estimate of drug-likeness (QED) is 0.406. The van der Waals surface area contributed by atoms with Crippen LogP contribution in [-0.4, -0.2) is 5.11 Å². The summed E-state index contributed by atoms with van der Waals surface area (Å²) in [6, 6.07) is 3.71. The number of nitrogens with zero attached hydrogens (tertiary/aromatic N) is 1. The summed E-state index contributed by atoms with van der Waals surface area (Å²) in [5, 5.41) is 8.71. The third kappa shape index (κ3) is 1.25. The minimum atomic E-state index is -0.0171. The lowest BCUT2D eigenvalue weighted by molar-refractivity contribution is -0.649. The zero-order valence-corrected chi connectivity index (χ0v) is 5.91. The molecule has 0 bridgehead atoms. The van der Waals surface area contributed by atoms with E-state index in [9.17, 15) is 0 Å². The van der Waals surface area contributed by atoms with E-state index in [-0.39, 0.29) is 6.61 Å². The van der Waals surface area contributed by atoms with Crippen LogP contribution < -0.4 is 10.5 Å². The highest BCUT2D eigenvalue weighted by Gasteiger charge is 2.03. The summed E-state index contributed by atoms with van der Waals surface area (Å²) in [6.07, 6.45) is 1.77. The molecule has 3 N–H and O–H groups in total. The number of aliphatic hydroxyl groups is 1. The van der Waals surface area contributed by atoms with Crippen molar-refractivity contribution in [1.29, 1.82) is 0 Å². The van der Waals surface area contributed by atoms with Crippen LogP contribution in [0.1, 0.15) is 11.3 Å². The van der Waals surface area contributed by atoms with Crippen molar-refractivity contribution in [3.05, 3.63) is 29.6 Å². The number of nitrogen functional groups attached to an aromatic ring is 1. The van der Waals surface area contributed by atoms with Gasteiger partial charge in [0.15, 0.2) is 0 Å². The second-order valence-corrected chi connectivity index (χ2v) is 2.26. The number of hydrogen-bond donors (Lipinski definition) is 2. The van der Waals surface area contributed by atoms with Crippen LogP contribution in [-0.2, 0) is 6.61 Å². The molecule has 0 spiro atoms. The molecule has 0 fully saturated rings. The highest BCUT2D eigenvalue weighted by atomic mass is 16.3. The second-order valence-electron chi connectivity index (χ2n) is 2.26. The first-order valence-electron chi connectivity index (χ1n) is 3.11. The summed E-state index contributed by atoms with van der Waals surface area (Å²) in [4.78, 5) is 0. The predicted octanol–water partition coefficient (Wildman–Crippen LogP) is -0.511. The SMILES string of the molecule is Cc1ccc(CO)[n+](N)c1. The Morgan fingerprint density at radius 1 is 1.60 bits per heavy atom. The summed E-state index contributed by atoms with van der Waals surface area (Å²) in [5.74, 6) is 5.49. The number of aliphatic hydroxyl groups excluding tert-OH is 1. The molecule has 3 nitrogen and oxygen atoms in total. The van der Waals surface area contributed by atoms with E-state index >= 15 is 0 Å². The van der Waals surface area contributed by atoms with Crippen molar-refractivity contribution in [2.24, 2.45) is 0 Å². The fraction of sp³-hybridized carbons (Fsp3) is 0.286. The zero-order chi connectivity index (χ0) is 7.56. The Balaban J connectivity index is 3.07. The van der Waals surface area contributed by atoms with Crippen molar-refractivity contribution >= 4 is 0 Å². The number of hydrogen-bond acceptors (Lipinski definition) is 2. The normalized spacial score (nSPS) is 9.80. The van der Waals surface area contributed by atoms with Crippen LogP contribution in [0.15, 0.2) is 18.3 Å². The molecule has 1 aromatic rings. The van der Waals surface area contributed by atoms with Gasteiger partial charge in [0, 0.05) is 11.6 Å². The van der Waals surface area contributed by atoms with Gasteiger partial charge < -0.3 is 5.11 Å². The monoisotopic (exact) mass is 139 g/mol. The molecule has 0 aliphatic carbocycles. The van der Waals surface area contributed by atoms with Gasteiger partial charge in [-0.2, -0.15) is 0 Å². The van der Waals surface area contributed by atoms with Gasteiger partial charge in [0.05, 0.1) is 0 Å². The number of aromatic nitrogens is 1.